The summed E-state index contributed by atoms with van der Waals surface area (Å²) in [7, 11) is 0. The van der Waals surface area contributed by atoms with Gasteiger partial charge in [0.15, 0.2) is 0 Å². The van der Waals surface area contributed by atoms with Gasteiger partial charge in [0.2, 0.25) is 0 Å². The van der Waals surface area contributed by atoms with Crippen LogP contribution in [0.2, 0.25) is 0 Å². The van der Waals surface area contributed by atoms with Crippen molar-refractivity contribution in [1.82, 2.24) is 5.32 Å². The van der Waals surface area contributed by atoms with E-state index in [0.717, 1.165) is 24.9 Å². The summed E-state index contributed by atoms with van der Waals surface area (Å²) in [5, 5.41) is 3.50. The summed E-state index contributed by atoms with van der Waals surface area (Å²) >= 11 is 0. The first-order valence-corrected chi connectivity index (χ1v) is 5.87. The lowest BCUT2D eigenvalue weighted by Crippen LogP contribution is -2.25. The van der Waals surface area contributed by atoms with Gasteiger partial charge in [0.1, 0.15) is 0 Å². The van der Waals surface area contributed by atoms with Crippen LogP contribution >= 0.6 is 0 Å². The van der Waals surface area contributed by atoms with E-state index < -0.39 is 0 Å². The molecule has 0 spiro atoms. The maximum atomic E-state index is 3.92. The lowest BCUT2D eigenvalue weighted by molar-refractivity contribution is 0.444. The predicted molar refractivity (Wildman–Crippen MR) is 65.5 cm³/mol. The molecule has 0 aliphatic heterocycles. The summed E-state index contributed by atoms with van der Waals surface area (Å²) in [6.45, 7) is 15.2. The molecule has 1 heteroatoms. The highest BCUT2D eigenvalue weighted by Crippen LogP contribution is 2.10. The van der Waals surface area contributed by atoms with Crippen LogP contribution < -0.4 is 5.32 Å². The Morgan fingerprint density at radius 1 is 1.21 bits per heavy atom. The highest BCUT2D eigenvalue weighted by molar-refractivity contribution is 4.87. The number of allylic oxidation sites excluding steroid dienone is 1. The molecule has 0 aliphatic rings. The standard InChI is InChI=1S/C13H27N/c1-11(2)7-6-8-13(5)10-14-9-12(3)4/h12-14H,1,6-10H2,2-5H3. The fraction of sp³-hybridized carbons (Fsp3) is 0.846. The summed E-state index contributed by atoms with van der Waals surface area (Å²) in [5.74, 6) is 1.56. The van der Waals surface area contributed by atoms with Crippen molar-refractivity contribution in [1.29, 1.82) is 0 Å². The lowest BCUT2D eigenvalue weighted by Gasteiger charge is -2.13. The molecule has 0 bridgehead atoms. The molecule has 0 amide bonds. The van der Waals surface area contributed by atoms with Crippen LogP contribution in [0.15, 0.2) is 12.2 Å². The van der Waals surface area contributed by atoms with Gasteiger partial charge < -0.3 is 5.32 Å². The van der Waals surface area contributed by atoms with Crippen LogP contribution in [-0.4, -0.2) is 13.1 Å². The molecular formula is C13H27N. The van der Waals surface area contributed by atoms with Crippen LogP contribution in [0.25, 0.3) is 0 Å². The third-order valence-electron chi connectivity index (χ3n) is 2.35. The van der Waals surface area contributed by atoms with E-state index in [1.54, 1.807) is 0 Å². The Hall–Kier alpha value is -0.300. The fourth-order valence-corrected chi connectivity index (χ4v) is 1.47. The van der Waals surface area contributed by atoms with Gasteiger partial charge in [-0.1, -0.05) is 26.3 Å². The zero-order valence-electron chi connectivity index (χ0n) is 10.4. The van der Waals surface area contributed by atoms with Gasteiger partial charge in [0, 0.05) is 0 Å². The fourth-order valence-electron chi connectivity index (χ4n) is 1.47. The van der Waals surface area contributed by atoms with Crippen molar-refractivity contribution in [2.75, 3.05) is 13.1 Å². The third kappa shape index (κ3) is 9.79. The average molecular weight is 197 g/mol. The van der Waals surface area contributed by atoms with Gasteiger partial charge in [-0.2, -0.15) is 0 Å². The van der Waals surface area contributed by atoms with Crippen molar-refractivity contribution in [3.8, 4) is 0 Å². The third-order valence-corrected chi connectivity index (χ3v) is 2.35. The van der Waals surface area contributed by atoms with Crippen LogP contribution in [0.4, 0.5) is 0 Å². The van der Waals surface area contributed by atoms with Gasteiger partial charge >= 0.3 is 0 Å². The zero-order valence-corrected chi connectivity index (χ0v) is 10.4. The van der Waals surface area contributed by atoms with E-state index >= 15 is 0 Å². The quantitative estimate of drug-likeness (QED) is 0.586. The first-order valence-electron chi connectivity index (χ1n) is 5.87. The summed E-state index contributed by atoms with van der Waals surface area (Å²) in [5.41, 5.74) is 1.31. The molecule has 0 aromatic carbocycles. The zero-order chi connectivity index (χ0) is 11.0. The van der Waals surface area contributed by atoms with Crippen molar-refractivity contribution < 1.29 is 0 Å². The Morgan fingerprint density at radius 2 is 1.86 bits per heavy atom. The molecule has 0 aromatic heterocycles. The summed E-state index contributed by atoms with van der Waals surface area (Å²) in [6.07, 6.45) is 3.80. The smallest absolute Gasteiger partial charge is 0.00230 e. The molecule has 0 saturated carbocycles. The molecule has 0 fully saturated rings. The van der Waals surface area contributed by atoms with E-state index in [4.69, 9.17) is 0 Å². The summed E-state index contributed by atoms with van der Waals surface area (Å²) in [6, 6.07) is 0. The second-order valence-electron chi connectivity index (χ2n) is 5.01. The van der Waals surface area contributed by atoms with E-state index in [-0.39, 0.29) is 0 Å². The molecule has 0 radical (unpaired) electrons. The number of nitrogens with one attached hydrogen (secondary N) is 1. The monoisotopic (exact) mass is 197 g/mol. The Bertz CT molecular complexity index is 149. The van der Waals surface area contributed by atoms with E-state index in [0.29, 0.717) is 0 Å². The van der Waals surface area contributed by atoms with Gasteiger partial charge in [0.05, 0.1) is 0 Å². The molecule has 1 unspecified atom stereocenters. The normalized spacial score (nSPS) is 13.2. The molecule has 0 aromatic rings. The minimum atomic E-state index is 0.762. The molecular weight excluding hydrogens is 170 g/mol. The topological polar surface area (TPSA) is 12.0 Å². The Labute approximate surface area is 90.0 Å². The molecule has 1 atom stereocenters. The maximum absolute atomic E-state index is 3.92. The van der Waals surface area contributed by atoms with Gasteiger partial charge in [-0.25, -0.2) is 0 Å². The van der Waals surface area contributed by atoms with Crippen LogP contribution in [0.1, 0.15) is 47.0 Å². The van der Waals surface area contributed by atoms with Crippen LogP contribution in [0.5, 0.6) is 0 Å². The lowest BCUT2D eigenvalue weighted by atomic mass is 10.0. The molecule has 1 nitrogen and oxygen atoms in total. The Balaban J connectivity index is 3.27. The average Bonchev–Trinajstić information content (AvgIpc) is 2.02. The molecule has 14 heavy (non-hydrogen) atoms. The van der Waals surface area contributed by atoms with Crippen molar-refractivity contribution in [3.05, 3.63) is 12.2 Å². The molecule has 0 saturated heterocycles. The highest BCUT2D eigenvalue weighted by Gasteiger charge is 2.01. The van der Waals surface area contributed by atoms with Crippen molar-refractivity contribution in [2.24, 2.45) is 11.8 Å². The second kappa shape index (κ2) is 8.05. The largest absolute Gasteiger partial charge is 0.316 e. The van der Waals surface area contributed by atoms with Crippen LogP contribution in [0.3, 0.4) is 0 Å². The Morgan fingerprint density at radius 3 is 2.36 bits per heavy atom. The van der Waals surface area contributed by atoms with Crippen molar-refractivity contribution >= 4 is 0 Å². The SMILES string of the molecule is C=C(C)CCCC(C)CNCC(C)C. The summed E-state index contributed by atoms with van der Waals surface area (Å²) < 4.78 is 0. The van der Waals surface area contributed by atoms with Crippen LogP contribution in [0, 0.1) is 11.8 Å². The van der Waals surface area contributed by atoms with Crippen LogP contribution in [-0.2, 0) is 0 Å². The first kappa shape index (κ1) is 13.7. The molecule has 0 heterocycles. The van der Waals surface area contributed by atoms with E-state index in [9.17, 15) is 0 Å². The second-order valence-corrected chi connectivity index (χ2v) is 5.01. The van der Waals surface area contributed by atoms with E-state index in [2.05, 4.69) is 39.6 Å². The minimum absolute atomic E-state index is 0.762. The molecule has 0 aliphatic carbocycles. The number of hydrogen-bond donors (Lipinski definition) is 1. The number of hydrogen-bond acceptors (Lipinski definition) is 1. The van der Waals surface area contributed by atoms with Gasteiger partial charge in [-0.15, -0.1) is 6.58 Å². The number of rotatable bonds is 8. The summed E-state index contributed by atoms with van der Waals surface area (Å²) in [4.78, 5) is 0. The minimum Gasteiger partial charge on any atom is -0.316 e. The molecule has 1 N–H and O–H groups in total. The van der Waals surface area contributed by atoms with Gasteiger partial charge in [-0.3, -0.25) is 0 Å². The van der Waals surface area contributed by atoms with Crippen molar-refractivity contribution in [3.63, 3.8) is 0 Å². The van der Waals surface area contributed by atoms with E-state index in [1.807, 2.05) is 0 Å². The molecule has 0 rings (SSSR count). The molecule has 84 valence electrons. The van der Waals surface area contributed by atoms with Crippen molar-refractivity contribution in [2.45, 2.75) is 47.0 Å². The first-order chi connectivity index (χ1) is 6.52. The highest BCUT2D eigenvalue weighted by atomic mass is 14.9. The van der Waals surface area contributed by atoms with E-state index in [1.165, 1.54) is 24.8 Å². The predicted octanol–water partition coefficient (Wildman–Crippen LogP) is 3.61. The Kier molecular flexibility index (Phi) is 7.87. The van der Waals surface area contributed by atoms with Gasteiger partial charge in [0.25, 0.3) is 0 Å². The van der Waals surface area contributed by atoms with Gasteiger partial charge in [-0.05, 0) is 51.1 Å². The maximum Gasteiger partial charge on any atom is -0.00230 e.